The number of hydrogen-bond donors (Lipinski definition) is 0. The summed E-state index contributed by atoms with van der Waals surface area (Å²) < 4.78 is 0. The average molecular weight is 213 g/mol. The third-order valence-electron chi connectivity index (χ3n) is 4.50. The van der Waals surface area contributed by atoms with E-state index in [9.17, 15) is 0 Å². The predicted molar refractivity (Wildman–Crippen MR) is 62.2 cm³/mol. The molecule has 0 radical (unpaired) electrons. The fraction of sp³-hybridized carbons (Fsp3) is 0.500. The molecule has 0 N–H and O–H groups in total. The van der Waals surface area contributed by atoms with Crippen molar-refractivity contribution in [2.24, 2.45) is 22.9 Å². The maximum Gasteiger partial charge on any atom is 0.139 e. The van der Waals surface area contributed by atoms with Crippen molar-refractivity contribution in [2.75, 3.05) is 0 Å². The van der Waals surface area contributed by atoms with Gasteiger partial charge >= 0.3 is 0 Å². The molecule has 4 rings (SSSR count). The average Bonchev–Trinajstić information content (AvgIpc) is 3.03. The Kier molecular flexibility index (Phi) is 1.70. The van der Waals surface area contributed by atoms with Gasteiger partial charge in [-0.3, -0.25) is 0 Å². The molecule has 4 atom stereocenters. The second-order valence-corrected chi connectivity index (χ2v) is 5.27. The van der Waals surface area contributed by atoms with Gasteiger partial charge < -0.3 is 4.84 Å². The van der Waals surface area contributed by atoms with Gasteiger partial charge in [0, 0.05) is 5.92 Å². The van der Waals surface area contributed by atoms with Crippen LogP contribution in [0.15, 0.2) is 35.5 Å². The van der Waals surface area contributed by atoms with E-state index in [0.717, 1.165) is 11.8 Å². The van der Waals surface area contributed by atoms with Crippen molar-refractivity contribution in [1.29, 1.82) is 0 Å². The normalized spacial score (nSPS) is 39.4. The molecule has 2 bridgehead atoms. The van der Waals surface area contributed by atoms with Gasteiger partial charge in [-0.25, -0.2) is 0 Å². The lowest BCUT2D eigenvalue weighted by Crippen LogP contribution is -2.29. The number of benzene rings is 1. The summed E-state index contributed by atoms with van der Waals surface area (Å²) in [4.78, 5) is 5.67. The van der Waals surface area contributed by atoms with Gasteiger partial charge in [0.25, 0.3) is 0 Å². The Morgan fingerprint density at radius 1 is 1.06 bits per heavy atom. The topological polar surface area (TPSA) is 21.6 Å². The lowest BCUT2D eigenvalue weighted by atomic mass is 9.81. The molecule has 1 aromatic carbocycles. The largest absolute Gasteiger partial charge is 0.391 e. The minimum atomic E-state index is 0.397. The molecule has 3 aliphatic rings. The van der Waals surface area contributed by atoms with Crippen molar-refractivity contribution in [3.63, 3.8) is 0 Å². The summed E-state index contributed by atoms with van der Waals surface area (Å²) in [5.74, 6) is 2.19. The van der Waals surface area contributed by atoms with E-state index in [1.54, 1.807) is 0 Å². The fourth-order valence-electron chi connectivity index (χ4n) is 3.80. The maximum atomic E-state index is 5.67. The van der Waals surface area contributed by atoms with Gasteiger partial charge in [-0.05, 0) is 36.7 Å². The summed E-state index contributed by atoms with van der Waals surface area (Å²) in [6.45, 7) is 0. The van der Waals surface area contributed by atoms with E-state index in [1.165, 1.54) is 30.5 Å². The molecule has 0 saturated heterocycles. The first-order chi connectivity index (χ1) is 7.93. The molecule has 1 aromatic rings. The van der Waals surface area contributed by atoms with E-state index in [4.69, 9.17) is 4.84 Å². The third-order valence-corrected chi connectivity index (χ3v) is 4.50. The lowest BCUT2D eigenvalue weighted by Gasteiger charge is -2.22. The molecule has 0 aromatic heterocycles. The maximum absolute atomic E-state index is 5.67. The number of hydrogen-bond acceptors (Lipinski definition) is 2. The van der Waals surface area contributed by atoms with E-state index in [-0.39, 0.29) is 0 Å². The number of nitrogens with zero attached hydrogens (tertiary/aromatic N) is 1. The summed E-state index contributed by atoms with van der Waals surface area (Å²) in [6.07, 6.45) is 4.49. The lowest BCUT2D eigenvalue weighted by molar-refractivity contribution is 0.0275. The Labute approximate surface area is 95.3 Å². The molecule has 1 aliphatic heterocycles. The molecule has 2 heteroatoms. The highest BCUT2D eigenvalue weighted by molar-refractivity contribution is 6.03. The SMILES string of the molecule is c1ccc(C2=NO[C@@H]3C4CCC(C4)[C@H]23)cc1. The number of rotatable bonds is 1. The molecular weight excluding hydrogens is 198 g/mol. The monoisotopic (exact) mass is 213 g/mol. The van der Waals surface area contributed by atoms with Crippen LogP contribution in [-0.2, 0) is 4.84 Å². The van der Waals surface area contributed by atoms with E-state index in [2.05, 4.69) is 35.5 Å². The number of oxime groups is 1. The Hall–Kier alpha value is -1.31. The first-order valence-electron chi connectivity index (χ1n) is 6.22. The van der Waals surface area contributed by atoms with Gasteiger partial charge in [-0.2, -0.15) is 0 Å². The van der Waals surface area contributed by atoms with Crippen LogP contribution in [-0.4, -0.2) is 11.8 Å². The van der Waals surface area contributed by atoms with Gasteiger partial charge in [0.05, 0.1) is 5.71 Å². The van der Waals surface area contributed by atoms with Crippen molar-refractivity contribution in [3.05, 3.63) is 35.9 Å². The van der Waals surface area contributed by atoms with Crippen molar-refractivity contribution in [1.82, 2.24) is 0 Å². The first-order valence-corrected chi connectivity index (χ1v) is 6.22. The highest BCUT2D eigenvalue weighted by Gasteiger charge is 2.54. The smallest absolute Gasteiger partial charge is 0.139 e. The highest BCUT2D eigenvalue weighted by Crippen LogP contribution is 2.53. The summed E-state index contributed by atoms with van der Waals surface area (Å²) in [5.41, 5.74) is 2.46. The van der Waals surface area contributed by atoms with Crippen LogP contribution in [0.2, 0.25) is 0 Å². The minimum absolute atomic E-state index is 0.397. The number of fused-ring (bicyclic) bond motifs is 5. The quantitative estimate of drug-likeness (QED) is 0.703. The van der Waals surface area contributed by atoms with Crippen LogP contribution < -0.4 is 0 Å². The van der Waals surface area contributed by atoms with Crippen LogP contribution in [0.4, 0.5) is 0 Å². The van der Waals surface area contributed by atoms with E-state index in [1.807, 2.05) is 0 Å². The zero-order chi connectivity index (χ0) is 10.5. The molecule has 1 heterocycles. The summed E-state index contributed by atoms with van der Waals surface area (Å²) >= 11 is 0. The van der Waals surface area contributed by atoms with Crippen LogP contribution in [0.5, 0.6) is 0 Å². The minimum Gasteiger partial charge on any atom is -0.391 e. The Morgan fingerprint density at radius 2 is 1.88 bits per heavy atom. The second kappa shape index (κ2) is 3.09. The fourth-order valence-corrected chi connectivity index (χ4v) is 3.80. The van der Waals surface area contributed by atoms with Gasteiger partial charge in [-0.1, -0.05) is 35.5 Å². The van der Waals surface area contributed by atoms with Crippen LogP contribution in [0, 0.1) is 17.8 Å². The molecule has 2 nitrogen and oxygen atoms in total. The Balaban J connectivity index is 1.72. The third kappa shape index (κ3) is 1.05. The molecule has 2 fully saturated rings. The molecule has 2 unspecified atom stereocenters. The summed E-state index contributed by atoms with van der Waals surface area (Å²) in [6, 6.07) is 10.5. The highest BCUT2D eigenvalue weighted by atomic mass is 16.6. The predicted octanol–water partition coefficient (Wildman–Crippen LogP) is 2.84. The van der Waals surface area contributed by atoms with Gasteiger partial charge in [0.1, 0.15) is 6.10 Å². The summed E-state index contributed by atoms with van der Waals surface area (Å²) in [5, 5.41) is 4.35. The van der Waals surface area contributed by atoms with Crippen LogP contribution >= 0.6 is 0 Å². The Morgan fingerprint density at radius 3 is 2.75 bits per heavy atom. The van der Waals surface area contributed by atoms with Crippen molar-refractivity contribution in [2.45, 2.75) is 25.4 Å². The molecule has 2 saturated carbocycles. The molecule has 0 amide bonds. The van der Waals surface area contributed by atoms with Crippen molar-refractivity contribution in [3.8, 4) is 0 Å². The molecular formula is C14H15NO. The zero-order valence-corrected chi connectivity index (χ0v) is 9.17. The molecule has 16 heavy (non-hydrogen) atoms. The van der Waals surface area contributed by atoms with Crippen molar-refractivity contribution < 1.29 is 4.84 Å². The van der Waals surface area contributed by atoms with Crippen LogP contribution in [0.1, 0.15) is 24.8 Å². The molecule has 0 spiro atoms. The van der Waals surface area contributed by atoms with Gasteiger partial charge in [0.15, 0.2) is 0 Å². The van der Waals surface area contributed by atoms with Gasteiger partial charge in [-0.15, -0.1) is 0 Å². The zero-order valence-electron chi connectivity index (χ0n) is 9.17. The molecule has 82 valence electrons. The van der Waals surface area contributed by atoms with Gasteiger partial charge in [0.2, 0.25) is 0 Å². The van der Waals surface area contributed by atoms with Crippen LogP contribution in [0.25, 0.3) is 0 Å². The van der Waals surface area contributed by atoms with E-state index < -0.39 is 0 Å². The van der Waals surface area contributed by atoms with E-state index >= 15 is 0 Å². The molecule has 2 aliphatic carbocycles. The standard InChI is InChI=1S/C14H15NO/c1-2-4-9(5-3-1)13-12-10-6-7-11(8-10)14(12)16-15-13/h1-5,10-12,14H,6-8H2/t10?,11?,12-,14-/m1/s1. The van der Waals surface area contributed by atoms with E-state index in [0.29, 0.717) is 12.0 Å². The summed E-state index contributed by atoms with van der Waals surface area (Å²) in [7, 11) is 0. The van der Waals surface area contributed by atoms with Crippen LogP contribution in [0.3, 0.4) is 0 Å². The second-order valence-electron chi connectivity index (χ2n) is 5.27. The Bertz CT molecular complexity index is 439. The van der Waals surface area contributed by atoms with Crippen molar-refractivity contribution >= 4 is 5.71 Å². The first kappa shape index (κ1) is 8.80.